The van der Waals surface area contributed by atoms with Gasteiger partial charge in [-0.2, -0.15) is 0 Å². The van der Waals surface area contributed by atoms with E-state index in [-0.39, 0.29) is 35.9 Å². The van der Waals surface area contributed by atoms with E-state index >= 15 is 0 Å². The van der Waals surface area contributed by atoms with Gasteiger partial charge in [0.25, 0.3) is 0 Å². The number of carbonyl (C=O) groups is 2. The number of benzene rings is 1. The van der Waals surface area contributed by atoms with Crippen LogP contribution in [0.3, 0.4) is 0 Å². The molecular formula is C22H32N2O5S. The van der Waals surface area contributed by atoms with Gasteiger partial charge in [0, 0.05) is 6.54 Å². The molecule has 166 valence electrons. The lowest BCUT2D eigenvalue weighted by Gasteiger charge is -2.16. The fourth-order valence-electron chi connectivity index (χ4n) is 3.60. The lowest BCUT2D eigenvalue weighted by atomic mass is 10.0. The summed E-state index contributed by atoms with van der Waals surface area (Å²) in [5, 5.41) is 2.24. The fraction of sp³-hybridized carbons (Fsp3) is 0.636. The lowest BCUT2D eigenvalue weighted by Crippen LogP contribution is -2.29. The second-order valence-electron chi connectivity index (χ2n) is 8.63. The first-order valence-electron chi connectivity index (χ1n) is 10.8. The molecule has 0 spiro atoms. The van der Waals surface area contributed by atoms with Gasteiger partial charge in [-0.25, -0.2) is 13.2 Å². The average Bonchev–Trinajstić information content (AvgIpc) is 3.44. The molecular weight excluding hydrogens is 404 g/mol. The van der Waals surface area contributed by atoms with Crippen LogP contribution < -0.4 is 10.1 Å². The Kier molecular flexibility index (Phi) is 7.39. The van der Waals surface area contributed by atoms with Crippen LogP contribution in [0.25, 0.3) is 0 Å². The highest BCUT2D eigenvalue weighted by Crippen LogP contribution is 2.31. The normalized spacial score (nSPS) is 17.9. The molecule has 1 saturated carbocycles. The summed E-state index contributed by atoms with van der Waals surface area (Å²) >= 11 is 0. The Balaban J connectivity index is 1.42. The minimum Gasteiger partial charge on any atom is -0.493 e. The Morgan fingerprint density at radius 1 is 1.20 bits per heavy atom. The summed E-state index contributed by atoms with van der Waals surface area (Å²) in [5.41, 5.74) is 2.06. The molecule has 1 aliphatic heterocycles. The van der Waals surface area contributed by atoms with Crippen LogP contribution in [0.1, 0.15) is 56.1 Å². The van der Waals surface area contributed by atoms with Crippen molar-refractivity contribution in [3.05, 3.63) is 29.3 Å². The monoisotopic (exact) mass is 436 g/mol. The van der Waals surface area contributed by atoms with Crippen LogP contribution in [0.2, 0.25) is 0 Å². The molecule has 2 aliphatic rings. The maximum absolute atomic E-state index is 12.6. The largest absolute Gasteiger partial charge is 0.493 e. The number of imide groups is 1. The number of nitrogens with zero attached hydrogens (tertiary/aromatic N) is 1. The topological polar surface area (TPSA) is 92.8 Å². The molecule has 2 fully saturated rings. The third-order valence-electron chi connectivity index (χ3n) is 5.71. The molecule has 1 N–H and O–H groups in total. The Hall–Kier alpha value is -2.09. The highest BCUT2D eigenvalue weighted by molar-refractivity contribution is 7.91. The average molecular weight is 437 g/mol. The van der Waals surface area contributed by atoms with Crippen LogP contribution in [0.15, 0.2) is 18.2 Å². The number of hydrogen-bond donors (Lipinski definition) is 1. The van der Waals surface area contributed by atoms with Gasteiger partial charge in [-0.15, -0.1) is 0 Å². The van der Waals surface area contributed by atoms with E-state index in [1.54, 1.807) is 0 Å². The number of rotatable bonds is 12. The van der Waals surface area contributed by atoms with E-state index in [1.807, 2.05) is 32.0 Å². The zero-order valence-electron chi connectivity index (χ0n) is 17.9. The van der Waals surface area contributed by atoms with Crippen molar-refractivity contribution in [3.8, 4) is 5.75 Å². The number of urea groups is 1. The molecule has 0 radical (unpaired) electrons. The van der Waals surface area contributed by atoms with Gasteiger partial charge < -0.3 is 9.64 Å². The smallest absolute Gasteiger partial charge is 0.324 e. The summed E-state index contributed by atoms with van der Waals surface area (Å²) in [4.78, 5) is 24.1. The van der Waals surface area contributed by atoms with Crippen molar-refractivity contribution in [2.24, 2.45) is 5.92 Å². The molecule has 1 aromatic carbocycles. The quantitative estimate of drug-likeness (QED) is 0.402. The van der Waals surface area contributed by atoms with Crippen LogP contribution in [0.5, 0.6) is 5.75 Å². The standard InChI is InChI=1S/C22H32N2O5S/c1-16-6-9-19(12-20(16)29-14-18-7-8-18)17(2)15-30(27,28)11-5-3-4-10-24-13-21(25)23-22(24)26/h6,9,12,17-18H,3-5,7-8,10-11,13-15H2,1-2H3,(H,23,25,26)/t17-/m1/s1. The Morgan fingerprint density at radius 2 is 1.97 bits per heavy atom. The summed E-state index contributed by atoms with van der Waals surface area (Å²) in [6.45, 7) is 5.26. The molecule has 8 heteroatoms. The molecule has 1 aliphatic carbocycles. The summed E-state index contributed by atoms with van der Waals surface area (Å²) < 4.78 is 31.0. The number of ether oxygens (including phenoxy) is 1. The maximum Gasteiger partial charge on any atom is 0.324 e. The summed E-state index contributed by atoms with van der Waals surface area (Å²) in [5.74, 6) is 1.40. The Morgan fingerprint density at radius 3 is 2.63 bits per heavy atom. The van der Waals surface area contributed by atoms with E-state index in [0.29, 0.717) is 31.7 Å². The molecule has 0 bridgehead atoms. The molecule has 0 unspecified atom stereocenters. The molecule has 3 amide bonds. The van der Waals surface area contributed by atoms with Crippen molar-refractivity contribution in [3.63, 3.8) is 0 Å². The number of amides is 3. The van der Waals surface area contributed by atoms with E-state index in [9.17, 15) is 18.0 Å². The zero-order valence-corrected chi connectivity index (χ0v) is 18.7. The number of carbonyl (C=O) groups excluding carboxylic acids is 2. The van der Waals surface area contributed by atoms with Crippen molar-refractivity contribution in [2.75, 3.05) is 31.2 Å². The van der Waals surface area contributed by atoms with Gasteiger partial charge >= 0.3 is 6.03 Å². The van der Waals surface area contributed by atoms with Crippen LogP contribution in [0.4, 0.5) is 4.79 Å². The highest BCUT2D eigenvalue weighted by Gasteiger charge is 2.26. The molecule has 3 rings (SSSR count). The molecule has 1 aromatic rings. The number of unbranched alkanes of at least 4 members (excludes halogenated alkanes) is 2. The number of nitrogens with one attached hydrogen (secondary N) is 1. The molecule has 30 heavy (non-hydrogen) atoms. The second kappa shape index (κ2) is 9.81. The molecule has 1 atom stereocenters. The van der Waals surface area contributed by atoms with Crippen molar-refractivity contribution in [2.45, 2.75) is 51.9 Å². The van der Waals surface area contributed by atoms with Gasteiger partial charge in [0.1, 0.15) is 12.3 Å². The van der Waals surface area contributed by atoms with Gasteiger partial charge in [-0.3, -0.25) is 10.1 Å². The van der Waals surface area contributed by atoms with Crippen LogP contribution in [-0.2, 0) is 14.6 Å². The van der Waals surface area contributed by atoms with E-state index in [4.69, 9.17) is 4.74 Å². The summed E-state index contributed by atoms with van der Waals surface area (Å²) in [6, 6.07) is 5.61. The molecule has 1 heterocycles. The Labute approximate surface area is 179 Å². The van der Waals surface area contributed by atoms with Crippen molar-refractivity contribution >= 4 is 21.8 Å². The van der Waals surface area contributed by atoms with Crippen LogP contribution in [-0.4, -0.2) is 56.5 Å². The first-order chi connectivity index (χ1) is 14.2. The van der Waals surface area contributed by atoms with Crippen molar-refractivity contribution < 1.29 is 22.7 Å². The minimum atomic E-state index is -3.17. The third-order valence-corrected chi connectivity index (χ3v) is 7.63. The third kappa shape index (κ3) is 6.72. The van der Waals surface area contributed by atoms with Gasteiger partial charge in [0.2, 0.25) is 5.91 Å². The van der Waals surface area contributed by atoms with E-state index in [0.717, 1.165) is 23.5 Å². The fourth-order valence-corrected chi connectivity index (χ4v) is 5.36. The van der Waals surface area contributed by atoms with Crippen LogP contribution in [0, 0.1) is 12.8 Å². The molecule has 1 saturated heterocycles. The molecule has 7 nitrogen and oxygen atoms in total. The highest BCUT2D eigenvalue weighted by atomic mass is 32.2. The van der Waals surface area contributed by atoms with Gasteiger partial charge in [-0.1, -0.05) is 25.5 Å². The first-order valence-corrected chi connectivity index (χ1v) is 12.6. The lowest BCUT2D eigenvalue weighted by molar-refractivity contribution is -0.118. The predicted octanol–water partition coefficient (Wildman–Crippen LogP) is 3.02. The van der Waals surface area contributed by atoms with Gasteiger partial charge in [0.05, 0.1) is 18.1 Å². The number of sulfone groups is 1. The minimum absolute atomic E-state index is 0.0948. The Bertz CT molecular complexity index is 880. The predicted molar refractivity (Wildman–Crippen MR) is 115 cm³/mol. The van der Waals surface area contributed by atoms with E-state index < -0.39 is 9.84 Å². The maximum atomic E-state index is 12.6. The van der Waals surface area contributed by atoms with Gasteiger partial charge in [0.15, 0.2) is 9.84 Å². The second-order valence-corrected chi connectivity index (χ2v) is 10.9. The first kappa shape index (κ1) is 22.6. The van der Waals surface area contributed by atoms with Crippen molar-refractivity contribution in [1.82, 2.24) is 10.2 Å². The van der Waals surface area contributed by atoms with E-state index in [2.05, 4.69) is 5.32 Å². The van der Waals surface area contributed by atoms with E-state index in [1.165, 1.54) is 17.7 Å². The summed E-state index contributed by atoms with van der Waals surface area (Å²) in [7, 11) is -3.17. The van der Waals surface area contributed by atoms with Crippen LogP contribution >= 0.6 is 0 Å². The number of hydrogen-bond acceptors (Lipinski definition) is 5. The number of aryl methyl sites for hydroxylation is 1. The van der Waals surface area contributed by atoms with Gasteiger partial charge in [-0.05, 0) is 61.6 Å². The summed E-state index contributed by atoms with van der Waals surface area (Å²) in [6.07, 6.45) is 4.41. The SMILES string of the molecule is Cc1ccc([C@H](C)CS(=O)(=O)CCCCCN2CC(=O)NC2=O)cc1OCC1CC1. The van der Waals surface area contributed by atoms with Crippen molar-refractivity contribution in [1.29, 1.82) is 0 Å². The zero-order chi connectivity index (χ0) is 21.7. The molecule has 0 aromatic heterocycles.